The van der Waals surface area contributed by atoms with E-state index in [1.807, 2.05) is 0 Å². The Morgan fingerprint density at radius 3 is 2.53 bits per heavy atom. The average molecular weight is 306 g/mol. The second-order valence-corrected chi connectivity index (χ2v) is 9.75. The van der Waals surface area contributed by atoms with Crippen LogP contribution in [-0.4, -0.2) is 55.1 Å². The molecular weight excluding hydrogens is 280 g/mol. The first kappa shape index (κ1) is 15.6. The van der Waals surface area contributed by atoms with Gasteiger partial charge in [0.25, 0.3) is 0 Å². The van der Waals surface area contributed by atoms with Crippen LogP contribution in [0, 0.1) is 11.8 Å². The number of nitrogens with two attached hydrogens (primary N) is 1. The topological polar surface area (TPSA) is 63.4 Å². The van der Waals surface area contributed by atoms with Crippen LogP contribution in [0.3, 0.4) is 0 Å². The Morgan fingerprint density at radius 1 is 1.42 bits per heavy atom. The van der Waals surface area contributed by atoms with E-state index in [4.69, 9.17) is 5.73 Å². The molecule has 0 spiro atoms. The van der Waals surface area contributed by atoms with Crippen LogP contribution >= 0.6 is 11.8 Å². The van der Waals surface area contributed by atoms with E-state index in [0.717, 1.165) is 25.1 Å². The smallest absolute Gasteiger partial charge is 0.164 e. The van der Waals surface area contributed by atoms with Crippen molar-refractivity contribution < 1.29 is 8.42 Å². The van der Waals surface area contributed by atoms with Crippen molar-refractivity contribution in [2.24, 2.45) is 17.6 Å². The summed E-state index contributed by atoms with van der Waals surface area (Å²) in [5.74, 6) is 3.06. The highest BCUT2D eigenvalue weighted by Crippen LogP contribution is 2.47. The highest BCUT2D eigenvalue weighted by Gasteiger charge is 2.52. The predicted molar refractivity (Wildman–Crippen MR) is 82.0 cm³/mol. The van der Waals surface area contributed by atoms with Gasteiger partial charge in [-0.25, -0.2) is 8.42 Å². The Hall–Kier alpha value is 0.220. The van der Waals surface area contributed by atoms with Gasteiger partial charge >= 0.3 is 0 Å². The number of thioether (sulfide) groups is 1. The van der Waals surface area contributed by atoms with Crippen molar-refractivity contribution >= 4 is 21.6 Å². The van der Waals surface area contributed by atoms with Gasteiger partial charge in [0.15, 0.2) is 9.84 Å². The number of hydrogen-bond acceptors (Lipinski definition) is 5. The Bertz CT molecular complexity index is 416. The SMILES string of the molecule is CC(C)C1CC(CN)(N2CCSCC2S(C)(=O)=O)C1. The van der Waals surface area contributed by atoms with Gasteiger partial charge in [-0.3, -0.25) is 4.90 Å². The second kappa shape index (κ2) is 5.54. The summed E-state index contributed by atoms with van der Waals surface area (Å²) in [6, 6.07) is 0. The summed E-state index contributed by atoms with van der Waals surface area (Å²) in [7, 11) is -3.03. The van der Waals surface area contributed by atoms with Crippen LogP contribution in [0.4, 0.5) is 0 Å². The minimum absolute atomic E-state index is 0.0658. The van der Waals surface area contributed by atoms with Crippen molar-refractivity contribution in [2.75, 3.05) is 30.9 Å². The number of nitrogens with zero attached hydrogens (tertiary/aromatic N) is 1. The maximum absolute atomic E-state index is 12.0. The largest absolute Gasteiger partial charge is 0.329 e. The fourth-order valence-corrected chi connectivity index (χ4v) is 6.33. The number of hydrogen-bond donors (Lipinski definition) is 1. The molecule has 4 nitrogen and oxygen atoms in total. The van der Waals surface area contributed by atoms with Gasteiger partial charge in [-0.1, -0.05) is 13.8 Å². The number of sulfone groups is 1. The Kier molecular flexibility index (Phi) is 4.55. The molecule has 2 aliphatic rings. The molecule has 2 N–H and O–H groups in total. The van der Waals surface area contributed by atoms with Crippen molar-refractivity contribution in [1.29, 1.82) is 0 Å². The molecule has 1 unspecified atom stereocenters. The molecule has 0 radical (unpaired) electrons. The van der Waals surface area contributed by atoms with Crippen LogP contribution < -0.4 is 5.73 Å². The molecule has 1 aliphatic heterocycles. The molecule has 6 heteroatoms. The summed E-state index contributed by atoms with van der Waals surface area (Å²) < 4.78 is 24.0. The third-order valence-electron chi connectivity index (χ3n) is 4.80. The molecule has 0 amide bonds. The first-order chi connectivity index (χ1) is 8.80. The molecule has 0 aromatic carbocycles. The van der Waals surface area contributed by atoms with Crippen LogP contribution in [0.1, 0.15) is 26.7 Å². The Labute approximate surface area is 121 Å². The standard InChI is InChI=1S/C13H26N2O2S2/c1-10(2)11-6-13(7-11,9-14)15-4-5-18-8-12(15)19(3,16)17/h10-12H,4-9,14H2,1-3H3. The molecule has 1 saturated carbocycles. The first-order valence-electron chi connectivity index (χ1n) is 7.03. The zero-order chi connectivity index (χ0) is 14.3. The Balaban J connectivity index is 2.18. The van der Waals surface area contributed by atoms with Crippen molar-refractivity contribution in [1.82, 2.24) is 4.90 Å². The van der Waals surface area contributed by atoms with Gasteiger partial charge in [0.2, 0.25) is 0 Å². The summed E-state index contributed by atoms with van der Waals surface area (Å²) >= 11 is 1.74. The quantitative estimate of drug-likeness (QED) is 0.845. The predicted octanol–water partition coefficient (Wildman–Crippen LogP) is 1.17. The van der Waals surface area contributed by atoms with Gasteiger partial charge in [0.05, 0.1) is 0 Å². The van der Waals surface area contributed by atoms with Gasteiger partial charge in [0, 0.05) is 36.4 Å². The molecule has 0 aromatic rings. The third-order valence-corrected chi connectivity index (χ3v) is 7.44. The van der Waals surface area contributed by atoms with E-state index >= 15 is 0 Å². The monoisotopic (exact) mass is 306 g/mol. The molecule has 2 rings (SSSR count). The minimum atomic E-state index is -3.03. The lowest BCUT2D eigenvalue weighted by atomic mass is 9.63. The molecule has 1 saturated heterocycles. The van der Waals surface area contributed by atoms with E-state index in [1.54, 1.807) is 11.8 Å². The van der Waals surface area contributed by atoms with Crippen LogP contribution in [0.15, 0.2) is 0 Å². The van der Waals surface area contributed by atoms with Crippen LogP contribution in [0.5, 0.6) is 0 Å². The molecule has 0 bridgehead atoms. The summed E-state index contributed by atoms with van der Waals surface area (Å²) in [5.41, 5.74) is 5.96. The second-order valence-electron chi connectivity index (χ2n) is 6.39. The molecule has 19 heavy (non-hydrogen) atoms. The van der Waals surface area contributed by atoms with Crippen LogP contribution in [0.2, 0.25) is 0 Å². The lowest BCUT2D eigenvalue weighted by molar-refractivity contribution is -0.0378. The highest BCUT2D eigenvalue weighted by molar-refractivity contribution is 8.00. The minimum Gasteiger partial charge on any atom is -0.329 e. The van der Waals surface area contributed by atoms with Gasteiger partial charge in [-0.2, -0.15) is 11.8 Å². The highest BCUT2D eigenvalue weighted by atomic mass is 32.2. The molecule has 0 aromatic heterocycles. The van der Waals surface area contributed by atoms with Gasteiger partial charge in [-0.15, -0.1) is 0 Å². The van der Waals surface area contributed by atoms with E-state index in [9.17, 15) is 8.42 Å². The van der Waals surface area contributed by atoms with Crippen LogP contribution in [-0.2, 0) is 9.84 Å². The molecule has 112 valence electrons. The fraction of sp³-hybridized carbons (Fsp3) is 1.00. The van der Waals surface area contributed by atoms with E-state index < -0.39 is 9.84 Å². The average Bonchev–Trinajstić information content (AvgIpc) is 2.27. The Morgan fingerprint density at radius 2 is 2.05 bits per heavy atom. The van der Waals surface area contributed by atoms with Crippen molar-refractivity contribution in [3.05, 3.63) is 0 Å². The lowest BCUT2D eigenvalue weighted by Gasteiger charge is -2.58. The van der Waals surface area contributed by atoms with Crippen molar-refractivity contribution in [3.63, 3.8) is 0 Å². The van der Waals surface area contributed by atoms with Gasteiger partial charge < -0.3 is 5.73 Å². The lowest BCUT2D eigenvalue weighted by Crippen LogP contribution is -2.68. The first-order valence-corrected chi connectivity index (χ1v) is 10.1. The molecule has 1 aliphatic carbocycles. The number of rotatable bonds is 4. The van der Waals surface area contributed by atoms with Crippen molar-refractivity contribution in [2.45, 2.75) is 37.6 Å². The molecule has 2 fully saturated rings. The van der Waals surface area contributed by atoms with Gasteiger partial charge in [-0.05, 0) is 24.7 Å². The van der Waals surface area contributed by atoms with E-state index in [0.29, 0.717) is 24.1 Å². The zero-order valence-electron chi connectivity index (χ0n) is 12.1. The molecule has 1 atom stereocenters. The van der Waals surface area contributed by atoms with E-state index in [2.05, 4.69) is 18.7 Å². The van der Waals surface area contributed by atoms with Crippen molar-refractivity contribution in [3.8, 4) is 0 Å². The normalized spacial score (nSPS) is 37.3. The van der Waals surface area contributed by atoms with Crippen LogP contribution in [0.25, 0.3) is 0 Å². The maximum atomic E-state index is 12.0. The summed E-state index contributed by atoms with van der Waals surface area (Å²) in [6.07, 6.45) is 3.47. The van der Waals surface area contributed by atoms with Gasteiger partial charge in [0.1, 0.15) is 5.37 Å². The van der Waals surface area contributed by atoms with E-state index in [1.165, 1.54) is 6.26 Å². The van der Waals surface area contributed by atoms with E-state index in [-0.39, 0.29) is 10.9 Å². The maximum Gasteiger partial charge on any atom is 0.164 e. The summed E-state index contributed by atoms with van der Waals surface area (Å²) in [4.78, 5) is 2.21. The molecule has 1 heterocycles. The summed E-state index contributed by atoms with van der Waals surface area (Å²) in [5, 5.41) is -0.345. The summed E-state index contributed by atoms with van der Waals surface area (Å²) in [6.45, 7) is 5.91. The zero-order valence-corrected chi connectivity index (χ0v) is 13.8. The third kappa shape index (κ3) is 2.96. The molecular formula is C13H26N2O2S2. The fourth-order valence-electron chi connectivity index (χ4n) is 3.38.